The number of carbonyl (C=O) groups excluding carboxylic acids is 2. The Labute approximate surface area is 202 Å². The lowest BCUT2D eigenvalue weighted by Gasteiger charge is -2.22. The fourth-order valence-electron chi connectivity index (χ4n) is 4.08. The lowest BCUT2D eigenvalue weighted by Crippen LogP contribution is -2.24. The number of rotatable bonds is 5. The maximum atomic E-state index is 12.4. The van der Waals surface area contributed by atoms with Crippen molar-refractivity contribution in [2.24, 2.45) is 12.0 Å². The van der Waals surface area contributed by atoms with Crippen LogP contribution in [0.15, 0.2) is 53.5 Å². The van der Waals surface area contributed by atoms with E-state index in [0.29, 0.717) is 11.4 Å². The number of aromatic nitrogens is 2. The molecule has 178 valence electrons. The number of amides is 2. The van der Waals surface area contributed by atoms with Crippen LogP contribution in [-0.2, 0) is 16.6 Å². The number of aryl methyl sites for hydroxylation is 1. The summed E-state index contributed by atoms with van der Waals surface area (Å²) in [5.74, 6) is -0.254. The largest absolute Gasteiger partial charge is 0.393 e. The summed E-state index contributed by atoms with van der Waals surface area (Å²) in [6.07, 6.45) is 3.20. The third-order valence-electron chi connectivity index (χ3n) is 5.80. The van der Waals surface area contributed by atoms with E-state index in [-0.39, 0.29) is 24.0 Å². The summed E-state index contributed by atoms with van der Waals surface area (Å²) in [6.45, 7) is 2.98. The summed E-state index contributed by atoms with van der Waals surface area (Å²) in [4.78, 5) is 31.0. The van der Waals surface area contributed by atoms with Crippen LogP contribution < -0.4 is 15.0 Å². The third-order valence-corrected chi connectivity index (χ3v) is 6.86. The van der Waals surface area contributed by atoms with Crippen LogP contribution in [0.3, 0.4) is 0 Å². The molecule has 4 rings (SSSR count). The molecule has 0 spiro atoms. The average molecular weight is 480 g/mol. The van der Waals surface area contributed by atoms with Gasteiger partial charge in [-0.15, -0.1) is 0 Å². The quantitative estimate of drug-likeness (QED) is 0.578. The molecule has 0 bridgehead atoms. The Morgan fingerprint density at radius 2 is 1.62 bits per heavy atom. The molecule has 0 radical (unpaired) electrons. The van der Waals surface area contributed by atoms with E-state index in [0.717, 1.165) is 46.7 Å². The zero-order valence-corrected chi connectivity index (χ0v) is 20.4. The second kappa shape index (κ2) is 10.3. The van der Waals surface area contributed by atoms with E-state index in [9.17, 15) is 14.7 Å². The molecular weight excluding hydrogens is 450 g/mol. The molecule has 34 heavy (non-hydrogen) atoms. The number of benzene rings is 2. The van der Waals surface area contributed by atoms with Crippen molar-refractivity contribution >= 4 is 40.2 Å². The second-order valence-electron chi connectivity index (χ2n) is 8.53. The molecule has 1 heterocycles. The molecule has 2 aromatic carbocycles. The van der Waals surface area contributed by atoms with Crippen LogP contribution in [0.2, 0.25) is 0 Å². The average Bonchev–Trinajstić information content (AvgIpc) is 3.16. The van der Waals surface area contributed by atoms with Gasteiger partial charge in [-0.1, -0.05) is 11.3 Å². The number of anilines is 3. The van der Waals surface area contributed by atoms with Gasteiger partial charge in [0.15, 0.2) is 0 Å². The van der Waals surface area contributed by atoms with Crippen LogP contribution in [0, 0.1) is 0 Å². The zero-order valence-electron chi connectivity index (χ0n) is 19.6. The van der Waals surface area contributed by atoms with E-state index < -0.39 is 0 Å². The summed E-state index contributed by atoms with van der Waals surface area (Å²) >= 11 is 1.54. The van der Waals surface area contributed by atoms with E-state index in [1.54, 1.807) is 33.8 Å². The zero-order chi connectivity index (χ0) is 24.2. The Morgan fingerprint density at radius 3 is 2.18 bits per heavy atom. The molecular formula is C25H29N5O3S. The van der Waals surface area contributed by atoms with Crippen molar-refractivity contribution in [1.29, 1.82) is 0 Å². The number of aliphatic hydroxyl groups is 1. The molecule has 0 atom stereocenters. The monoisotopic (exact) mass is 479 g/mol. The fourth-order valence-corrected chi connectivity index (χ4v) is 5.05. The SMILES string of the molecule is CC(=O)Nc1ccc(N(C(C)=O)c2ccc(-c3nn(C)c(=N[C@H]4CC[C@H](O)CC4)s3)cc2)cc1. The van der Waals surface area contributed by atoms with Crippen LogP contribution in [0.4, 0.5) is 17.1 Å². The van der Waals surface area contributed by atoms with Gasteiger partial charge in [-0.2, -0.15) is 5.10 Å². The number of nitrogens with one attached hydrogen (secondary N) is 1. The topological polar surface area (TPSA) is 99.8 Å². The smallest absolute Gasteiger partial charge is 0.228 e. The van der Waals surface area contributed by atoms with Crippen LogP contribution in [0.25, 0.3) is 10.6 Å². The summed E-state index contributed by atoms with van der Waals surface area (Å²) in [5.41, 5.74) is 3.09. The molecule has 0 unspecified atom stereocenters. The van der Waals surface area contributed by atoms with Gasteiger partial charge in [-0.05, 0) is 74.2 Å². The van der Waals surface area contributed by atoms with E-state index in [4.69, 9.17) is 4.99 Å². The van der Waals surface area contributed by atoms with E-state index >= 15 is 0 Å². The summed E-state index contributed by atoms with van der Waals surface area (Å²) < 4.78 is 1.80. The summed E-state index contributed by atoms with van der Waals surface area (Å²) in [5, 5.41) is 17.9. The first-order valence-electron chi connectivity index (χ1n) is 11.3. The molecule has 1 aromatic heterocycles. The van der Waals surface area contributed by atoms with E-state index in [1.165, 1.54) is 25.2 Å². The first kappa shape index (κ1) is 23.8. The number of hydrogen-bond acceptors (Lipinski definition) is 6. The highest BCUT2D eigenvalue weighted by Crippen LogP contribution is 2.30. The molecule has 1 aliphatic carbocycles. The lowest BCUT2D eigenvalue weighted by atomic mass is 9.94. The molecule has 3 aromatic rings. The number of aliphatic hydroxyl groups excluding tert-OH is 1. The van der Waals surface area contributed by atoms with Gasteiger partial charge in [-0.3, -0.25) is 19.5 Å². The minimum Gasteiger partial charge on any atom is -0.393 e. The van der Waals surface area contributed by atoms with E-state index in [2.05, 4.69) is 10.4 Å². The maximum absolute atomic E-state index is 12.4. The summed E-state index contributed by atoms with van der Waals surface area (Å²) in [6, 6.07) is 15.1. The highest BCUT2D eigenvalue weighted by molar-refractivity contribution is 7.12. The Bertz CT molecular complexity index is 1220. The van der Waals surface area contributed by atoms with Gasteiger partial charge in [-0.25, -0.2) is 4.68 Å². The van der Waals surface area contributed by atoms with Crippen molar-refractivity contribution < 1.29 is 14.7 Å². The number of nitrogens with zero attached hydrogens (tertiary/aromatic N) is 4. The fraction of sp³-hybridized carbons (Fsp3) is 0.360. The molecule has 0 saturated heterocycles. The number of hydrogen-bond donors (Lipinski definition) is 2. The van der Waals surface area contributed by atoms with Crippen molar-refractivity contribution in [3.8, 4) is 10.6 Å². The predicted molar refractivity (Wildman–Crippen MR) is 134 cm³/mol. The summed E-state index contributed by atoms with van der Waals surface area (Å²) in [7, 11) is 1.90. The lowest BCUT2D eigenvalue weighted by molar-refractivity contribution is -0.116. The minimum atomic E-state index is -0.194. The Hall–Kier alpha value is -3.30. The van der Waals surface area contributed by atoms with Crippen LogP contribution in [-0.4, -0.2) is 38.8 Å². The van der Waals surface area contributed by atoms with Crippen molar-refractivity contribution in [1.82, 2.24) is 9.78 Å². The highest BCUT2D eigenvalue weighted by Gasteiger charge is 2.19. The van der Waals surface area contributed by atoms with Crippen molar-refractivity contribution in [2.45, 2.75) is 51.7 Å². The van der Waals surface area contributed by atoms with Crippen LogP contribution in [0.5, 0.6) is 0 Å². The molecule has 2 N–H and O–H groups in total. The van der Waals surface area contributed by atoms with Gasteiger partial charge in [0.25, 0.3) is 0 Å². The Kier molecular flexibility index (Phi) is 7.23. The Balaban J connectivity index is 1.55. The highest BCUT2D eigenvalue weighted by atomic mass is 32.1. The van der Waals surface area contributed by atoms with Gasteiger partial charge in [0.1, 0.15) is 5.01 Å². The van der Waals surface area contributed by atoms with Crippen molar-refractivity contribution in [3.05, 3.63) is 53.3 Å². The first-order valence-corrected chi connectivity index (χ1v) is 12.2. The predicted octanol–water partition coefficient (Wildman–Crippen LogP) is 4.00. The van der Waals surface area contributed by atoms with Gasteiger partial charge in [0.05, 0.1) is 12.1 Å². The molecule has 9 heteroatoms. The van der Waals surface area contributed by atoms with Crippen molar-refractivity contribution in [3.63, 3.8) is 0 Å². The van der Waals surface area contributed by atoms with Crippen molar-refractivity contribution in [2.75, 3.05) is 10.2 Å². The van der Waals surface area contributed by atoms with Gasteiger partial charge in [0.2, 0.25) is 16.6 Å². The molecule has 2 amide bonds. The third kappa shape index (κ3) is 5.60. The van der Waals surface area contributed by atoms with Crippen LogP contribution >= 0.6 is 11.3 Å². The normalized spacial score (nSPS) is 18.5. The maximum Gasteiger partial charge on any atom is 0.228 e. The number of carbonyl (C=O) groups is 2. The van der Waals surface area contributed by atoms with Gasteiger partial charge < -0.3 is 10.4 Å². The molecule has 0 aliphatic heterocycles. The van der Waals surface area contributed by atoms with Gasteiger partial charge in [0, 0.05) is 43.5 Å². The molecule has 1 fully saturated rings. The molecule has 1 saturated carbocycles. The molecule has 1 aliphatic rings. The molecule has 8 nitrogen and oxygen atoms in total. The van der Waals surface area contributed by atoms with E-state index in [1.807, 2.05) is 31.3 Å². The standard InChI is InChI=1S/C25H29N5O3S/c1-16(31)26-19-6-12-22(13-7-19)30(17(2)32)21-10-4-18(5-11-21)24-28-29(3)25(34-24)27-20-8-14-23(33)15-9-20/h4-7,10-13,20,23,33H,8-9,14-15H2,1-3H3,(H,26,31)/t20-,23-. The minimum absolute atomic E-state index is 0.112. The Morgan fingerprint density at radius 1 is 1.03 bits per heavy atom. The first-order chi connectivity index (χ1) is 16.3. The second-order valence-corrected chi connectivity index (χ2v) is 9.49. The van der Waals surface area contributed by atoms with Gasteiger partial charge >= 0.3 is 0 Å². The van der Waals surface area contributed by atoms with Crippen LogP contribution in [0.1, 0.15) is 39.5 Å².